The lowest BCUT2D eigenvalue weighted by Gasteiger charge is -2.33. The predicted molar refractivity (Wildman–Crippen MR) is 147 cm³/mol. The van der Waals surface area contributed by atoms with Crippen LogP contribution in [0.5, 0.6) is 0 Å². The average Bonchev–Trinajstić information content (AvgIpc) is 3.25. The van der Waals surface area contributed by atoms with Gasteiger partial charge in [-0.25, -0.2) is 0 Å². The first-order valence-electron chi connectivity index (χ1n) is 13.6. The van der Waals surface area contributed by atoms with E-state index in [2.05, 4.69) is 78.1 Å². The maximum absolute atomic E-state index is 4.28. The summed E-state index contributed by atoms with van der Waals surface area (Å²) in [7, 11) is 0. The lowest BCUT2D eigenvalue weighted by atomic mass is 9.71. The second-order valence-electron chi connectivity index (χ2n) is 11.5. The summed E-state index contributed by atoms with van der Waals surface area (Å²) in [6, 6.07) is 7.52. The van der Waals surface area contributed by atoms with Crippen LogP contribution in [0.4, 0.5) is 0 Å². The van der Waals surface area contributed by atoms with Crippen molar-refractivity contribution in [2.24, 2.45) is 11.8 Å². The molecule has 0 spiro atoms. The molecule has 0 aliphatic heterocycles. The number of hydrogen-bond acceptors (Lipinski definition) is 0. The van der Waals surface area contributed by atoms with Crippen molar-refractivity contribution in [1.29, 1.82) is 0 Å². The Labute approximate surface area is 205 Å². The van der Waals surface area contributed by atoms with Crippen molar-refractivity contribution in [3.05, 3.63) is 82.5 Å². The monoisotopic (exact) mass is 444 g/mol. The van der Waals surface area contributed by atoms with Crippen LogP contribution in [-0.2, 0) is 6.42 Å². The summed E-state index contributed by atoms with van der Waals surface area (Å²) >= 11 is 0. The van der Waals surface area contributed by atoms with E-state index in [1.165, 1.54) is 60.8 Å². The standard InChI is InChI=1S/C33H48/c1-8-25(6)29-15-14-27(20-29)21-31-22-30(26(7)18-23(2)3)16-17-32(31)33(19-24(4)5)28-12-10-9-11-13-28/h15-17,20,22,24,26,28,33H,2,6,8-14,18-19,21H2,1,3-5,7H3/t26-,33?/m1/s1. The normalized spacial score (nSPS) is 18.7. The number of rotatable bonds is 11. The quantitative estimate of drug-likeness (QED) is 0.298. The fourth-order valence-electron chi connectivity index (χ4n) is 6.10. The predicted octanol–water partition coefficient (Wildman–Crippen LogP) is 10.2. The van der Waals surface area contributed by atoms with Crippen LogP contribution in [0.2, 0.25) is 0 Å². The second-order valence-corrected chi connectivity index (χ2v) is 11.5. The van der Waals surface area contributed by atoms with Crippen LogP contribution in [-0.4, -0.2) is 0 Å². The van der Waals surface area contributed by atoms with E-state index in [1.807, 2.05) is 0 Å². The molecule has 0 bridgehead atoms. The molecule has 2 aliphatic rings. The van der Waals surface area contributed by atoms with E-state index in [0.29, 0.717) is 11.8 Å². The van der Waals surface area contributed by atoms with E-state index in [1.54, 1.807) is 16.7 Å². The molecule has 0 heterocycles. The van der Waals surface area contributed by atoms with E-state index in [-0.39, 0.29) is 0 Å². The van der Waals surface area contributed by atoms with E-state index < -0.39 is 0 Å². The average molecular weight is 445 g/mol. The first-order valence-corrected chi connectivity index (χ1v) is 13.6. The van der Waals surface area contributed by atoms with Crippen LogP contribution < -0.4 is 0 Å². The first kappa shape index (κ1) is 25.8. The van der Waals surface area contributed by atoms with E-state index in [9.17, 15) is 0 Å². The third-order valence-electron chi connectivity index (χ3n) is 7.93. The number of hydrogen-bond donors (Lipinski definition) is 0. The van der Waals surface area contributed by atoms with Crippen molar-refractivity contribution in [3.63, 3.8) is 0 Å². The van der Waals surface area contributed by atoms with Crippen molar-refractivity contribution in [2.75, 3.05) is 0 Å². The Morgan fingerprint density at radius 3 is 2.42 bits per heavy atom. The molecule has 33 heavy (non-hydrogen) atoms. The van der Waals surface area contributed by atoms with Crippen molar-refractivity contribution in [2.45, 2.75) is 111 Å². The van der Waals surface area contributed by atoms with Crippen LogP contribution in [0.1, 0.15) is 121 Å². The largest absolute Gasteiger partial charge is 0.100 e. The number of benzene rings is 1. The van der Waals surface area contributed by atoms with Crippen molar-refractivity contribution >= 4 is 0 Å². The van der Waals surface area contributed by atoms with Crippen molar-refractivity contribution < 1.29 is 0 Å². The summed E-state index contributed by atoms with van der Waals surface area (Å²) in [5, 5.41) is 0. The Balaban J connectivity index is 1.97. The van der Waals surface area contributed by atoms with Gasteiger partial charge in [0.2, 0.25) is 0 Å². The van der Waals surface area contributed by atoms with Crippen molar-refractivity contribution in [1.82, 2.24) is 0 Å². The van der Waals surface area contributed by atoms with Crippen LogP contribution in [0.15, 0.2) is 65.8 Å². The van der Waals surface area contributed by atoms with Crippen molar-refractivity contribution in [3.8, 4) is 0 Å². The Bertz CT molecular complexity index is 885. The smallest absolute Gasteiger partial charge is 0.00577 e. The molecule has 0 aromatic heterocycles. The summed E-state index contributed by atoms with van der Waals surface area (Å²) in [4.78, 5) is 0. The van der Waals surface area contributed by atoms with Gasteiger partial charge in [0.05, 0.1) is 0 Å². The fourth-order valence-corrected chi connectivity index (χ4v) is 6.10. The highest BCUT2D eigenvalue weighted by molar-refractivity contribution is 5.48. The molecule has 1 saturated carbocycles. The molecule has 0 amide bonds. The maximum atomic E-state index is 4.28. The molecule has 1 aromatic carbocycles. The molecule has 1 fully saturated rings. The molecule has 180 valence electrons. The Morgan fingerprint density at radius 2 is 1.79 bits per heavy atom. The van der Waals surface area contributed by atoms with E-state index >= 15 is 0 Å². The minimum atomic E-state index is 0.527. The molecule has 0 heteroatoms. The van der Waals surface area contributed by atoms with Gasteiger partial charge in [-0.2, -0.15) is 0 Å². The van der Waals surface area contributed by atoms with Gasteiger partial charge in [0.1, 0.15) is 0 Å². The first-order chi connectivity index (χ1) is 15.8. The topological polar surface area (TPSA) is 0 Å². The van der Waals surface area contributed by atoms with Crippen LogP contribution >= 0.6 is 0 Å². The third-order valence-corrected chi connectivity index (χ3v) is 7.93. The van der Waals surface area contributed by atoms with Crippen LogP contribution in [0, 0.1) is 11.8 Å². The SMILES string of the molecule is C=C(C)C[C@@H](C)c1ccc(C(CC(C)C)C2CCCCC2)c(CC2=CC(C(=C)CC)=CC2)c1. The van der Waals surface area contributed by atoms with Crippen LogP contribution in [0.25, 0.3) is 0 Å². The van der Waals surface area contributed by atoms with Crippen LogP contribution in [0.3, 0.4) is 0 Å². The lowest BCUT2D eigenvalue weighted by molar-refractivity contribution is 0.276. The Hall–Kier alpha value is -1.82. The lowest BCUT2D eigenvalue weighted by Crippen LogP contribution is -2.20. The molecule has 2 atom stereocenters. The minimum absolute atomic E-state index is 0.527. The minimum Gasteiger partial charge on any atom is -0.100 e. The molecule has 3 rings (SSSR count). The van der Waals surface area contributed by atoms with Gasteiger partial charge in [-0.15, -0.1) is 6.58 Å². The summed E-state index contributed by atoms with van der Waals surface area (Å²) in [6.45, 7) is 20.0. The zero-order chi connectivity index (χ0) is 24.0. The van der Waals surface area contributed by atoms with Gasteiger partial charge in [-0.1, -0.05) is 95.0 Å². The van der Waals surface area contributed by atoms with Gasteiger partial charge in [-0.3, -0.25) is 0 Å². The van der Waals surface area contributed by atoms with Gasteiger partial charge in [-0.05, 0) is 103 Å². The zero-order valence-corrected chi connectivity index (χ0v) is 22.2. The third kappa shape index (κ3) is 7.08. The second kappa shape index (κ2) is 12.0. The van der Waals surface area contributed by atoms with E-state index in [0.717, 1.165) is 37.5 Å². The summed E-state index contributed by atoms with van der Waals surface area (Å²) in [5.74, 6) is 2.81. The molecule has 0 radical (unpaired) electrons. The molecule has 0 nitrogen and oxygen atoms in total. The Morgan fingerprint density at radius 1 is 1.06 bits per heavy atom. The molecule has 0 N–H and O–H groups in total. The summed E-state index contributed by atoms with van der Waals surface area (Å²) in [5.41, 5.74) is 10.2. The fraction of sp³-hybridized carbons (Fsp3) is 0.576. The molecule has 2 aliphatic carbocycles. The Kier molecular flexibility index (Phi) is 9.42. The van der Waals surface area contributed by atoms with Gasteiger partial charge < -0.3 is 0 Å². The molecule has 1 unspecified atom stereocenters. The highest BCUT2D eigenvalue weighted by Gasteiger charge is 2.28. The summed E-state index contributed by atoms with van der Waals surface area (Å²) < 4.78 is 0. The highest BCUT2D eigenvalue weighted by atomic mass is 14.3. The number of allylic oxidation sites excluding steroid dienone is 6. The molecule has 0 saturated heterocycles. The highest BCUT2D eigenvalue weighted by Crippen LogP contribution is 2.42. The molecular weight excluding hydrogens is 396 g/mol. The molecular formula is C33H48. The van der Waals surface area contributed by atoms with Gasteiger partial charge in [0.25, 0.3) is 0 Å². The molecule has 1 aromatic rings. The van der Waals surface area contributed by atoms with Gasteiger partial charge >= 0.3 is 0 Å². The maximum Gasteiger partial charge on any atom is -0.00577 e. The van der Waals surface area contributed by atoms with Gasteiger partial charge in [0.15, 0.2) is 0 Å². The summed E-state index contributed by atoms with van der Waals surface area (Å²) in [6.07, 6.45) is 17.5. The zero-order valence-electron chi connectivity index (χ0n) is 22.2. The van der Waals surface area contributed by atoms with E-state index in [4.69, 9.17) is 0 Å². The van der Waals surface area contributed by atoms with Gasteiger partial charge in [0, 0.05) is 0 Å².